The van der Waals surface area contributed by atoms with Crippen LogP contribution in [0.5, 0.6) is 5.88 Å². The molecule has 0 aliphatic rings. The fraction of sp³-hybridized carbons (Fsp3) is 0.125. The molecular formula is C16H10F5N2O2+. The second-order valence-corrected chi connectivity index (χ2v) is 5.26. The van der Waals surface area contributed by atoms with Gasteiger partial charge in [0.1, 0.15) is 11.6 Å². The number of hydrogen-bond acceptors (Lipinski definition) is 2. The van der Waals surface area contributed by atoms with Gasteiger partial charge in [0.05, 0.1) is 6.20 Å². The molecular weight excluding hydrogens is 347 g/mol. The third-order valence-corrected chi connectivity index (χ3v) is 3.56. The van der Waals surface area contributed by atoms with Gasteiger partial charge in [0.15, 0.2) is 12.1 Å². The fourth-order valence-electron chi connectivity index (χ4n) is 2.55. The Hall–Kier alpha value is -2.97. The number of alkyl halides is 3. The molecule has 25 heavy (non-hydrogen) atoms. The summed E-state index contributed by atoms with van der Waals surface area (Å²) in [5.41, 5.74) is -2.35. The number of aromatic hydroxyl groups is 1. The van der Waals surface area contributed by atoms with Crippen LogP contribution in [0.15, 0.2) is 47.4 Å². The van der Waals surface area contributed by atoms with E-state index in [0.29, 0.717) is 10.6 Å². The Morgan fingerprint density at radius 2 is 1.84 bits per heavy atom. The molecule has 3 aromatic rings. The summed E-state index contributed by atoms with van der Waals surface area (Å²) in [6, 6.07) is 6.19. The summed E-state index contributed by atoms with van der Waals surface area (Å²) in [5.74, 6) is -3.16. The Morgan fingerprint density at radius 1 is 1.12 bits per heavy atom. The smallest absolute Gasteiger partial charge is 0.426 e. The minimum Gasteiger partial charge on any atom is -0.477 e. The standard InChI is InChI=1S/C16H9F5N2O2/c17-9-4-5-10(11(18)7-9)13-14(24)22-6-2-1-3-12(22)23(15(13)25)8-16(19,20)21/h1-7H,8H2/p+1. The molecule has 0 amide bonds. The average molecular weight is 357 g/mol. The van der Waals surface area contributed by atoms with Crippen LogP contribution in [0, 0.1) is 11.6 Å². The zero-order valence-corrected chi connectivity index (χ0v) is 12.4. The van der Waals surface area contributed by atoms with Crippen molar-refractivity contribution in [3.8, 4) is 17.0 Å². The van der Waals surface area contributed by atoms with Crippen LogP contribution in [0.3, 0.4) is 0 Å². The van der Waals surface area contributed by atoms with Crippen molar-refractivity contribution in [3.05, 3.63) is 64.6 Å². The first-order valence-electron chi connectivity index (χ1n) is 6.97. The Morgan fingerprint density at radius 3 is 2.48 bits per heavy atom. The SMILES string of the molecule is O=c1c(-c2ccc(F)cc2F)c(O)n(CC(F)(F)F)c2cccc[n+]12. The highest BCUT2D eigenvalue weighted by Crippen LogP contribution is 2.30. The molecule has 0 spiro atoms. The van der Waals surface area contributed by atoms with Gasteiger partial charge in [-0.3, -0.25) is 0 Å². The average Bonchev–Trinajstić information content (AvgIpc) is 2.52. The van der Waals surface area contributed by atoms with Crippen molar-refractivity contribution in [2.24, 2.45) is 0 Å². The molecule has 0 radical (unpaired) electrons. The predicted molar refractivity (Wildman–Crippen MR) is 76.9 cm³/mol. The summed E-state index contributed by atoms with van der Waals surface area (Å²) in [6.45, 7) is -1.59. The maximum absolute atomic E-state index is 14.0. The van der Waals surface area contributed by atoms with Gasteiger partial charge in [-0.25, -0.2) is 13.6 Å². The monoisotopic (exact) mass is 357 g/mol. The van der Waals surface area contributed by atoms with Crippen LogP contribution < -0.4 is 9.96 Å². The molecule has 0 saturated heterocycles. The lowest BCUT2D eigenvalue weighted by molar-refractivity contribution is -0.532. The van der Waals surface area contributed by atoms with E-state index in [-0.39, 0.29) is 5.65 Å². The summed E-state index contributed by atoms with van der Waals surface area (Å²) in [6.07, 6.45) is -3.51. The Balaban J connectivity index is 2.42. The highest BCUT2D eigenvalue weighted by molar-refractivity contribution is 5.68. The normalized spacial score (nSPS) is 11.9. The lowest BCUT2D eigenvalue weighted by atomic mass is 10.1. The highest BCUT2D eigenvalue weighted by Gasteiger charge is 2.36. The van der Waals surface area contributed by atoms with Gasteiger partial charge in [-0.05, 0) is 18.2 Å². The minimum absolute atomic E-state index is 0.228. The minimum atomic E-state index is -4.70. The Kier molecular flexibility index (Phi) is 3.94. The number of fused-ring (bicyclic) bond motifs is 1. The van der Waals surface area contributed by atoms with Gasteiger partial charge < -0.3 is 5.11 Å². The topological polar surface area (TPSA) is 46.3 Å². The van der Waals surface area contributed by atoms with Crippen molar-refractivity contribution >= 4 is 5.65 Å². The van der Waals surface area contributed by atoms with Crippen molar-refractivity contribution in [3.63, 3.8) is 0 Å². The largest absolute Gasteiger partial charge is 0.477 e. The second kappa shape index (κ2) is 5.83. The molecule has 3 rings (SSSR count). The van der Waals surface area contributed by atoms with Gasteiger partial charge in [0.25, 0.3) is 11.5 Å². The van der Waals surface area contributed by atoms with E-state index in [4.69, 9.17) is 0 Å². The maximum atomic E-state index is 14.0. The van der Waals surface area contributed by atoms with Crippen LogP contribution in [-0.4, -0.2) is 15.8 Å². The first kappa shape index (κ1) is 16.9. The number of rotatable bonds is 2. The van der Waals surface area contributed by atoms with E-state index in [1.54, 1.807) is 0 Å². The molecule has 0 atom stereocenters. The van der Waals surface area contributed by atoms with E-state index in [1.807, 2.05) is 0 Å². The van der Waals surface area contributed by atoms with E-state index >= 15 is 0 Å². The van der Waals surface area contributed by atoms with Gasteiger partial charge in [0, 0.05) is 17.7 Å². The highest BCUT2D eigenvalue weighted by atomic mass is 19.4. The third kappa shape index (κ3) is 3.04. The number of nitrogens with zero attached hydrogens (tertiary/aromatic N) is 2. The quantitative estimate of drug-likeness (QED) is 0.566. The number of benzene rings is 1. The van der Waals surface area contributed by atoms with E-state index in [1.165, 1.54) is 24.4 Å². The molecule has 2 heterocycles. The molecule has 0 aliphatic heterocycles. The van der Waals surface area contributed by atoms with E-state index in [0.717, 1.165) is 16.5 Å². The molecule has 0 bridgehead atoms. The van der Waals surface area contributed by atoms with Crippen molar-refractivity contribution in [2.45, 2.75) is 12.7 Å². The van der Waals surface area contributed by atoms with Crippen molar-refractivity contribution in [2.75, 3.05) is 0 Å². The lowest BCUT2D eigenvalue weighted by Crippen LogP contribution is -2.44. The van der Waals surface area contributed by atoms with Gasteiger partial charge in [-0.15, -0.1) is 0 Å². The zero-order valence-electron chi connectivity index (χ0n) is 12.4. The van der Waals surface area contributed by atoms with Crippen LogP contribution >= 0.6 is 0 Å². The van der Waals surface area contributed by atoms with Crippen molar-refractivity contribution < 1.29 is 31.5 Å². The lowest BCUT2D eigenvalue weighted by Gasteiger charge is -2.12. The van der Waals surface area contributed by atoms with E-state index in [9.17, 15) is 31.9 Å². The number of aromatic nitrogens is 2. The maximum Gasteiger partial charge on any atom is 0.426 e. The molecule has 4 nitrogen and oxygen atoms in total. The molecule has 1 aromatic carbocycles. The summed E-state index contributed by atoms with van der Waals surface area (Å²) in [5, 5.41) is 10.3. The molecule has 130 valence electrons. The third-order valence-electron chi connectivity index (χ3n) is 3.56. The van der Waals surface area contributed by atoms with Crippen LogP contribution in [0.1, 0.15) is 0 Å². The van der Waals surface area contributed by atoms with Gasteiger partial charge >= 0.3 is 11.7 Å². The Bertz CT molecular complexity index is 1030. The Labute approximate surface area is 137 Å². The van der Waals surface area contributed by atoms with Gasteiger partial charge in [-0.1, -0.05) is 6.07 Å². The molecule has 0 aliphatic carbocycles. The van der Waals surface area contributed by atoms with E-state index in [2.05, 4.69) is 0 Å². The van der Waals surface area contributed by atoms with Crippen LogP contribution in [0.25, 0.3) is 16.8 Å². The van der Waals surface area contributed by atoms with Crippen molar-refractivity contribution in [1.82, 2.24) is 4.57 Å². The summed E-state index contributed by atoms with van der Waals surface area (Å²) < 4.78 is 67.0. The van der Waals surface area contributed by atoms with Crippen molar-refractivity contribution in [1.29, 1.82) is 0 Å². The molecule has 1 N–H and O–H groups in total. The summed E-state index contributed by atoms with van der Waals surface area (Å²) in [4.78, 5) is 12.6. The van der Waals surface area contributed by atoms with E-state index < -0.39 is 46.9 Å². The number of halogens is 5. The number of pyridine rings is 1. The van der Waals surface area contributed by atoms with Crippen LogP contribution in [-0.2, 0) is 6.54 Å². The molecule has 0 unspecified atom stereocenters. The molecule has 9 heteroatoms. The summed E-state index contributed by atoms with van der Waals surface area (Å²) >= 11 is 0. The predicted octanol–water partition coefficient (Wildman–Crippen LogP) is 2.80. The summed E-state index contributed by atoms with van der Waals surface area (Å²) in [7, 11) is 0. The number of hydrogen-bond donors (Lipinski definition) is 1. The first-order chi connectivity index (χ1) is 11.7. The van der Waals surface area contributed by atoms with Crippen LogP contribution in [0.2, 0.25) is 0 Å². The second-order valence-electron chi connectivity index (χ2n) is 5.26. The zero-order chi connectivity index (χ0) is 18.4. The van der Waals surface area contributed by atoms with Gasteiger partial charge in [-0.2, -0.15) is 22.1 Å². The molecule has 0 fully saturated rings. The molecule has 2 aromatic heterocycles. The van der Waals surface area contributed by atoms with Crippen LogP contribution in [0.4, 0.5) is 22.0 Å². The fourth-order valence-corrected chi connectivity index (χ4v) is 2.55. The first-order valence-corrected chi connectivity index (χ1v) is 6.97. The van der Waals surface area contributed by atoms with Gasteiger partial charge in [0.2, 0.25) is 0 Å². The molecule has 0 saturated carbocycles.